The molecule has 3 rings (SSSR count). The number of nitrogens with zero attached hydrogens (tertiary/aromatic N) is 3. The van der Waals surface area contributed by atoms with E-state index in [4.69, 9.17) is 0 Å². The summed E-state index contributed by atoms with van der Waals surface area (Å²) in [5.74, 6) is 0. The molecule has 34 heavy (non-hydrogen) atoms. The van der Waals surface area contributed by atoms with E-state index in [0.29, 0.717) is 31.5 Å². The van der Waals surface area contributed by atoms with Crippen LogP contribution in [-0.2, 0) is 20.0 Å². The minimum Gasteiger partial charge on any atom is -0.306 e. The zero-order chi connectivity index (χ0) is 24.9. The Hall–Kier alpha value is -2.04. The Bertz CT molecular complexity index is 1100. The molecule has 0 radical (unpaired) electrons. The van der Waals surface area contributed by atoms with E-state index in [9.17, 15) is 16.8 Å². The molecule has 0 bridgehead atoms. The van der Waals surface area contributed by atoms with E-state index in [1.807, 2.05) is 20.9 Å². The Labute approximate surface area is 204 Å². The van der Waals surface area contributed by atoms with Gasteiger partial charge >= 0.3 is 0 Å². The van der Waals surface area contributed by atoms with Crippen molar-refractivity contribution < 1.29 is 16.8 Å². The van der Waals surface area contributed by atoms with Crippen molar-refractivity contribution in [3.05, 3.63) is 71.8 Å². The third-order valence-electron chi connectivity index (χ3n) is 6.01. The van der Waals surface area contributed by atoms with Gasteiger partial charge in [-0.2, -0.15) is 8.61 Å². The molecule has 1 heterocycles. The van der Waals surface area contributed by atoms with Crippen LogP contribution in [0.4, 0.5) is 0 Å². The summed E-state index contributed by atoms with van der Waals surface area (Å²) in [5.41, 5.74) is 2.51. The second-order valence-corrected chi connectivity index (χ2v) is 12.9. The third kappa shape index (κ3) is 6.55. The van der Waals surface area contributed by atoms with Gasteiger partial charge in [0, 0.05) is 26.2 Å². The van der Waals surface area contributed by atoms with Crippen LogP contribution in [0.2, 0.25) is 0 Å². The number of aryl methyl sites for hydroxylation is 2. The van der Waals surface area contributed by atoms with E-state index in [2.05, 4.69) is 11.5 Å². The second-order valence-electron chi connectivity index (χ2n) is 9.06. The van der Waals surface area contributed by atoms with Gasteiger partial charge in [0.15, 0.2) is 0 Å². The minimum absolute atomic E-state index is 0.0693. The lowest BCUT2D eigenvalue weighted by Crippen LogP contribution is -2.40. The van der Waals surface area contributed by atoms with Gasteiger partial charge in [0.1, 0.15) is 0 Å². The Balaban J connectivity index is 1.89. The molecule has 186 valence electrons. The Morgan fingerprint density at radius 1 is 0.647 bits per heavy atom. The van der Waals surface area contributed by atoms with Gasteiger partial charge in [0.25, 0.3) is 0 Å². The highest BCUT2D eigenvalue weighted by atomic mass is 32.2. The maximum Gasteiger partial charge on any atom is 0.243 e. The largest absolute Gasteiger partial charge is 0.306 e. The predicted molar refractivity (Wildman–Crippen MR) is 136 cm³/mol. The van der Waals surface area contributed by atoms with Gasteiger partial charge in [0.05, 0.1) is 9.79 Å². The fourth-order valence-corrected chi connectivity index (χ4v) is 6.98. The van der Waals surface area contributed by atoms with Crippen molar-refractivity contribution in [2.75, 3.05) is 46.3 Å². The summed E-state index contributed by atoms with van der Waals surface area (Å²) in [5, 5.41) is 0. The molecule has 0 unspecified atom stereocenters. The van der Waals surface area contributed by atoms with E-state index in [1.54, 1.807) is 48.5 Å². The highest BCUT2D eigenvalue weighted by Crippen LogP contribution is 2.22. The average molecular weight is 506 g/mol. The second kappa shape index (κ2) is 11.1. The Morgan fingerprint density at radius 2 is 1.00 bits per heavy atom. The van der Waals surface area contributed by atoms with Crippen LogP contribution in [0.5, 0.6) is 0 Å². The topological polar surface area (TPSA) is 78.0 Å². The molecule has 1 fully saturated rings. The van der Waals surface area contributed by atoms with Crippen LogP contribution in [0.15, 0.2) is 70.5 Å². The van der Waals surface area contributed by atoms with Gasteiger partial charge in [-0.15, -0.1) is 0 Å². The van der Waals surface area contributed by atoms with Crippen molar-refractivity contribution in [2.45, 2.75) is 36.5 Å². The first-order valence-electron chi connectivity index (χ1n) is 11.5. The molecule has 7 nitrogen and oxygen atoms in total. The van der Waals surface area contributed by atoms with Gasteiger partial charge in [-0.1, -0.05) is 42.0 Å². The lowest BCUT2D eigenvalue weighted by Gasteiger charge is -2.29. The summed E-state index contributed by atoms with van der Waals surface area (Å²) in [6.45, 7) is 10.2. The van der Waals surface area contributed by atoms with Gasteiger partial charge in [-0.3, -0.25) is 0 Å². The molecular formula is C25H35N3O4S2. The van der Waals surface area contributed by atoms with Crippen molar-refractivity contribution in [3.63, 3.8) is 0 Å². The van der Waals surface area contributed by atoms with E-state index < -0.39 is 20.0 Å². The van der Waals surface area contributed by atoms with Crippen LogP contribution in [0.3, 0.4) is 0 Å². The number of rotatable bonds is 4. The van der Waals surface area contributed by atoms with Gasteiger partial charge in [-0.05, 0) is 76.7 Å². The molecular weight excluding hydrogens is 470 g/mol. The van der Waals surface area contributed by atoms with Crippen molar-refractivity contribution in [2.24, 2.45) is 0 Å². The fraction of sp³-hybridized carbons (Fsp3) is 0.440. The van der Waals surface area contributed by atoms with Crippen LogP contribution in [0.1, 0.15) is 24.0 Å². The van der Waals surface area contributed by atoms with Crippen LogP contribution in [0.25, 0.3) is 0 Å². The molecule has 0 amide bonds. The van der Waals surface area contributed by atoms with Gasteiger partial charge < -0.3 is 4.90 Å². The Kier molecular flexibility index (Phi) is 8.70. The molecule has 0 aliphatic carbocycles. The number of benzene rings is 2. The normalized spacial score (nSPS) is 18.9. The standard InChI is InChI=1S/C25H35N3O4S2/c1-21-7-11-24(12-8-21)33(29,30)27-17-5-15-26(4)16-6-18-28(20-23(3)19-27)34(31,32)25-13-9-22(2)10-14-25/h7-14H,3,5-6,15-20H2,1-2,4H3. The summed E-state index contributed by atoms with van der Waals surface area (Å²) in [6, 6.07) is 13.6. The smallest absolute Gasteiger partial charge is 0.243 e. The summed E-state index contributed by atoms with van der Waals surface area (Å²) in [4.78, 5) is 2.58. The Morgan fingerprint density at radius 3 is 1.35 bits per heavy atom. The monoisotopic (exact) mass is 505 g/mol. The lowest BCUT2D eigenvalue weighted by molar-refractivity contribution is 0.286. The molecule has 0 aromatic heterocycles. The molecule has 0 N–H and O–H groups in total. The third-order valence-corrected chi connectivity index (χ3v) is 9.73. The average Bonchev–Trinajstić information content (AvgIpc) is 2.77. The number of sulfonamides is 2. The number of hydrogen-bond acceptors (Lipinski definition) is 5. The maximum absolute atomic E-state index is 13.4. The van der Waals surface area contributed by atoms with Crippen molar-refractivity contribution >= 4 is 20.0 Å². The van der Waals surface area contributed by atoms with E-state index in [-0.39, 0.29) is 22.9 Å². The quantitative estimate of drug-likeness (QED) is 0.596. The SMILES string of the molecule is C=C1CN(S(=O)(=O)c2ccc(C)cc2)CCCN(C)CCCN(S(=O)(=O)c2ccc(C)cc2)C1. The van der Waals surface area contributed by atoms with Crippen molar-refractivity contribution in [3.8, 4) is 0 Å². The van der Waals surface area contributed by atoms with E-state index >= 15 is 0 Å². The van der Waals surface area contributed by atoms with Crippen LogP contribution in [0, 0.1) is 13.8 Å². The molecule has 0 spiro atoms. The van der Waals surface area contributed by atoms with Crippen molar-refractivity contribution in [1.82, 2.24) is 13.5 Å². The zero-order valence-electron chi connectivity index (χ0n) is 20.3. The predicted octanol–water partition coefficient (Wildman–Crippen LogP) is 3.27. The first-order chi connectivity index (χ1) is 16.0. The molecule has 1 aliphatic heterocycles. The summed E-state index contributed by atoms with van der Waals surface area (Å²) < 4.78 is 56.5. The molecule has 1 aliphatic rings. The molecule has 9 heteroatoms. The lowest BCUT2D eigenvalue weighted by atomic mass is 10.2. The minimum atomic E-state index is -3.74. The summed E-state index contributed by atoms with van der Waals surface area (Å²) in [7, 11) is -5.51. The highest BCUT2D eigenvalue weighted by molar-refractivity contribution is 7.89. The van der Waals surface area contributed by atoms with E-state index in [0.717, 1.165) is 24.2 Å². The van der Waals surface area contributed by atoms with Gasteiger partial charge in [-0.25, -0.2) is 16.8 Å². The van der Waals surface area contributed by atoms with Crippen LogP contribution >= 0.6 is 0 Å². The summed E-state index contributed by atoms with van der Waals surface area (Å²) in [6.07, 6.45) is 1.36. The van der Waals surface area contributed by atoms with Crippen molar-refractivity contribution in [1.29, 1.82) is 0 Å². The first-order valence-corrected chi connectivity index (χ1v) is 14.4. The fourth-order valence-electron chi connectivity index (χ4n) is 3.98. The first kappa shape index (κ1) is 26.6. The molecule has 2 aromatic rings. The molecule has 2 aromatic carbocycles. The zero-order valence-corrected chi connectivity index (χ0v) is 21.9. The molecule has 0 atom stereocenters. The van der Waals surface area contributed by atoms with Crippen LogP contribution < -0.4 is 0 Å². The number of hydrogen-bond donors (Lipinski definition) is 0. The van der Waals surface area contributed by atoms with Crippen LogP contribution in [-0.4, -0.2) is 76.7 Å². The maximum atomic E-state index is 13.4. The summed E-state index contributed by atoms with van der Waals surface area (Å²) >= 11 is 0. The molecule has 0 saturated carbocycles. The van der Waals surface area contributed by atoms with Gasteiger partial charge in [0.2, 0.25) is 20.0 Å². The molecule has 1 saturated heterocycles. The highest BCUT2D eigenvalue weighted by Gasteiger charge is 2.29. The van der Waals surface area contributed by atoms with E-state index in [1.165, 1.54) is 8.61 Å².